The summed E-state index contributed by atoms with van der Waals surface area (Å²) in [7, 11) is 1.46. The predicted octanol–water partition coefficient (Wildman–Crippen LogP) is 1.60. The van der Waals surface area contributed by atoms with Gasteiger partial charge in [0.25, 0.3) is 0 Å². The van der Waals surface area contributed by atoms with Crippen LogP contribution in [0.3, 0.4) is 0 Å². The third-order valence-corrected chi connectivity index (χ3v) is 2.45. The van der Waals surface area contributed by atoms with Gasteiger partial charge in [0.15, 0.2) is 0 Å². The van der Waals surface area contributed by atoms with E-state index in [0.717, 1.165) is 0 Å². The SMILES string of the molecule is CC1=PCC(C)N=C1. The Morgan fingerprint density at radius 1 is 1.88 bits per heavy atom. The summed E-state index contributed by atoms with van der Waals surface area (Å²) in [6, 6.07) is 0.556. The molecule has 0 aromatic carbocycles. The standard InChI is InChI=1S/C6H10NP/c1-5-4-8-6(2)3-7-5/h3,5H,4H2,1-2H3. The molecule has 0 saturated carbocycles. The summed E-state index contributed by atoms with van der Waals surface area (Å²) in [6.45, 7) is 4.27. The lowest BCUT2D eigenvalue weighted by atomic mass is 10.4. The first-order chi connectivity index (χ1) is 3.79. The lowest BCUT2D eigenvalue weighted by Crippen LogP contribution is -2.07. The summed E-state index contributed by atoms with van der Waals surface area (Å²) in [4.78, 5) is 4.24. The van der Waals surface area contributed by atoms with E-state index in [4.69, 9.17) is 0 Å². The molecule has 2 heteroatoms. The van der Waals surface area contributed by atoms with Gasteiger partial charge in [-0.05, 0) is 19.1 Å². The maximum absolute atomic E-state index is 4.24. The highest BCUT2D eigenvalue weighted by Crippen LogP contribution is 2.08. The Balaban J connectivity index is 2.58. The van der Waals surface area contributed by atoms with Crippen LogP contribution in [0.2, 0.25) is 0 Å². The molecule has 1 aliphatic heterocycles. The Morgan fingerprint density at radius 2 is 2.62 bits per heavy atom. The van der Waals surface area contributed by atoms with Crippen LogP contribution < -0.4 is 0 Å². The zero-order chi connectivity index (χ0) is 5.98. The number of hydrogen-bond donors (Lipinski definition) is 0. The second-order valence-electron chi connectivity index (χ2n) is 2.11. The fourth-order valence-corrected chi connectivity index (χ4v) is 1.39. The van der Waals surface area contributed by atoms with Gasteiger partial charge in [0, 0.05) is 12.4 Å². The van der Waals surface area contributed by atoms with Crippen molar-refractivity contribution in [3.63, 3.8) is 0 Å². The predicted molar refractivity (Wildman–Crippen MR) is 40.4 cm³/mol. The number of rotatable bonds is 0. The minimum atomic E-state index is 0.556. The molecule has 1 unspecified atom stereocenters. The van der Waals surface area contributed by atoms with Gasteiger partial charge in [-0.2, -0.15) is 0 Å². The molecule has 0 aromatic rings. The second kappa shape index (κ2) is 2.41. The van der Waals surface area contributed by atoms with Crippen LogP contribution in [-0.2, 0) is 0 Å². The van der Waals surface area contributed by atoms with Gasteiger partial charge >= 0.3 is 0 Å². The van der Waals surface area contributed by atoms with Gasteiger partial charge in [0.05, 0.1) is 6.04 Å². The van der Waals surface area contributed by atoms with Crippen molar-refractivity contribution in [2.45, 2.75) is 19.9 Å². The monoisotopic (exact) mass is 127 g/mol. The van der Waals surface area contributed by atoms with E-state index in [0.29, 0.717) is 6.04 Å². The number of nitrogens with zero attached hydrogens (tertiary/aromatic N) is 1. The fraction of sp³-hybridized carbons (Fsp3) is 0.667. The first-order valence-electron chi connectivity index (χ1n) is 2.83. The van der Waals surface area contributed by atoms with Crippen molar-refractivity contribution in [2.75, 3.05) is 6.16 Å². The van der Waals surface area contributed by atoms with Gasteiger partial charge in [-0.1, -0.05) is 8.20 Å². The Kier molecular flexibility index (Phi) is 1.80. The molecular weight excluding hydrogens is 117 g/mol. The highest BCUT2D eigenvalue weighted by atomic mass is 31.1. The van der Waals surface area contributed by atoms with E-state index < -0.39 is 0 Å². The van der Waals surface area contributed by atoms with Gasteiger partial charge in [0.1, 0.15) is 0 Å². The molecule has 0 bridgehead atoms. The third kappa shape index (κ3) is 1.41. The summed E-state index contributed by atoms with van der Waals surface area (Å²) in [5, 5.41) is 1.39. The molecule has 1 rings (SSSR count). The van der Waals surface area contributed by atoms with E-state index in [1.807, 2.05) is 6.21 Å². The summed E-state index contributed by atoms with van der Waals surface area (Å²) >= 11 is 0. The van der Waals surface area contributed by atoms with Crippen molar-refractivity contribution in [2.24, 2.45) is 4.99 Å². The maximum atomic E-state index is 4.24. The first kappa shape index (κ1) is 5.97. The zero-order valence-corrected chi connectivity index (χ0v) is 6.15. The molecule has 0 fully saturated rings. The molecule has 0 saturated heterocycles. The third-order valence-electron chi connectivity index (χ3n) is 1.12. The minimum absolute atomic E-state index is 0.556. The Bertz CT molecular complexity index is 137. The topological polar surface area (TPSA) is 12.4 Å². The van der Waals surface area contributed by atoms with Crippen molar-refractivity contribution in [1.29, 1.82) is 0 Å². The molecule has 1 aliphatic rings. The van der Waals surface area contributed by atoms with E-state index in [9.17, 15) is 0 Å². The molecule has 0 aromatic heterocycles. The van der Waals surface area contributed by atoms with Crippen LogP contribution in [0.25, 0.3) is 0 Å². The lowest BCUT2D eigenvalue weighted by Gasteiger charge is -2.05. The van der Waals surface area contributed by atoms with Crippen LogP contribution in [0.4, 0.5) is 0 Å². The lowest BCUT2D eigenvalue weighted by molar-refractivity contribution is 0.853. The first-order valence-corrected chi connectivity index (χ1v) is 3.91. The average molecular weight is 127 g/mol. The van der Waals surface area contributed by atoms with Crippen LogP contribution in [0, 0.1) is 0 Å². The normalized spacial score (nSPS) is 29.8. The van der Waals surface area contributed by atoms with E-state index >= 15 is 0 Å². The van der Waals surface area contributed by atoms with Crippen molar-refractivity contribution in [3.8, 4) is 0 Å². The van der Waals surface area contributed by atoms with Crippen LogP contribution in [0.15, 0.2) is 4.99 Å². The molecule has 1 atom stereocenters. The van der Waals surface area contributed by atoms with E-state index in [-0.39, 0.29) is 0 Å². The second-order valence-corrected chi connectivity index (χ2v) is 3.50. The summed E-state index contributed by atoms with van der Waals surface area (Å²) in [6.07, 6.45) is 3.19. The van der Waals surface area contributed by atoms with Crippen LogP contribution in [0.5, 0.6) is 0 Å². The minimum Gasteiger partial charge on any atom is -0.289 e. The summed E-state index contributed by atoms with van der Waals surface area (Å²) in [5.74, 6) is 0. The summed E-state index contributed by atoms with van der Waals surface area (Å²) < 4.78 is 0. The van der Waals surface area contributed by atoms with Crippen LogP contribution in [0.1, 0.15) is 13.8 Å². The fourth-order valence-electron chi connectivity index (χ4n) is 0.599. The molecule has 0 spiro atoms. The van der Waals surface area contributed by atoms with E-state index in [1.54, 1.807) is 0 Å². The molecule has 0 aliphatic carbocycles. The molecular formula is C6H10NP. The van der Waals surface area contributed by atoms with Gasteiger partial charge in [-0.15, -0.1) is 0 Å². The summed E-state index contributed by atoms with van der Waals surface area (Å²) in [5.41, 5.74) is 0. The molecule has 0 amide bonds. The Labute approximate surface area is 51.6 Å². The number of hydrogen-bond acceptors (Lipinski definition) is 1. The smallest absolute Gasteiger partial charge is 0.0547 e. The van der Waals surface area contributed by atoms with Crippen molar-refractivity contribution in [3.05, 3.63) is 0 Å². The maximum Gasteiger partial charge on any atom is 0.0547 e. The van der Waals surface area contributed by atoms with Crippen molar-refractivity contribution < 1.29 is 0 Å². The Morgan fingerprint density at radius 3 is 3.00 bits per heavy atom. The molecule has 0 radical (unpaired) electrons. The average Bonchev–Trinajstić information content (AvgIpc) is 1.77. The highest BCUT2D eigenvalue weighted by Gasteiger charge is 1.99. The van der Waals surface area contributed by atoms with Crippen LogP contribution >= 0.6 is 8.20 Å². The van der Waals surface area contributed by atoms with E-state index in [2.05, 4.69) is 18.8 Å². The van der Waals surface area contributed by atoms with Gasteiger partial charge in [0.2, 0.25) is 0 Å². The molecule has 1 nitrogen and oxygen atoms in total. The molecule has 44 valence electrons. The largest absolute Gasteiger partial charge is 0.289 e. The van der Waals surface area contributed by atoms with Crippen molar-refractivity contribution in [1.82, 2.24) is 0 Å². The zero-order valence-electron chi connectivity index (χ0n) is 5.26. The quantitative estimate of drug-likeness (QED) is 0.438. The van der Waals surface area contributed by atoms with E-state index in [1.165, 1.54) is 19.7 Å². The van der Waals surface area contributed by atoms with Crippen LogP contribution in [-0.4, -0.2) is 23.7 Å². The molecule has 0 N–H and O–H groups in total. The van der Waals surface area contributed by atoms with Gasteiger partial charge in [-0.3, -0.25) is 4.99 Å². The number of aliphatic imine (C=N–C) groups is 1. The van der Waals surface area contributed by atoms with Gasteiger partial charge in [-0.25, -0.2) is 0 Å². The molecule has 8 heavy (non-hydrogen) atoms. The van der Waals surface area contributed by atoms with Crippen molar-refractivity contribution >= 4 is 19.7 Å². The van der Waals surface area contributed by atoms with Gasteiger partial charge < -0.3 is 0 Å². The molecule has 1 heterocycles. The highest BCUT2D eigenvalue weighted by molar-refractivity contribution is 7.43. The Hall–Kier alpha value is -0.160.